The molecule has 1 saturated heterocycles. The van der Waals surface area contributed by atoms with Gasteiger partial charge in [-0.05, 0) is 5.41 Å². The van der Waals surface area contributed by atoms with Crippen LogP contribution in [-0.2, 0) is 10.0 Å². The largest absolute Gasteiger partial charge is 0.298 e. The van der Waals surface area contributed by atoms with Gasteiger partial charge in [-0.1, -0.05) is 20.8 Å². The second-order valence-electron chi connectivity index (χ2n) is 4.14. The average molecular weight is 192 g/mol. The normalized spacial score (nSPS) is 30.1. The number of hydrogen-bond acceptors (Lipinski definition) is 3. The Bertz CT molecular complexity index is 253. The fourth-order valence-electron chi connectivity index (χ4n) is 1.36. The van der Waals surface area contributed by atoms with Crippen molar-refractivity contribution in [2.75, 3.05) is 13.1 Å². The lowest BCUT2D eigenvalue weighted by Crippen LogP contribution is -2.57. The fraction of sp³-hybridized carbons (Fsp3) is 1.00. The summed E-state index contributed by atoms with van der Waals surface area (Å²) in [5.74, 6) is 0. The minimum absolute atomic E-state index is 0.258. The molecule has 1 aliphatic heterocycles. The van der Waals surface area contributed by atoms with Gasteiger partial charge >= 0.3 is 0 Å². The molecule has 1 aliphatic rings. The van der Waals surface area contributed by atoms with Gasteiger partial charge in [0.05, 0.1) is 0 Å². The summed E-state index contributed by atoms with van der Waals surface area (Å²) in [6.07, 6.45) is 0. The molecule has 0 aromatic carbocycles. The molecule has 12 heavy (non-hydrogen) atoms. The van der Waals surface area contributed by atoms with Crippen LogP contribution in [0.5, 0.6) is 0 Å². The van der Waals surface area contributed by atoms with Crippen molar-refractivity contribution in [3.05, 3.63) is 0 Å². The zero-order chi connectivity index (χ0) is 9.41. The van der Waals surface area contributed by atoms with E-state index in [2.05, 4.69) is 10.0 Å². The second kappa shape index (κ2) is 2.97. The fourth-order valence-corrected chi connectivity index (χ4v) is 3.18. The lowest BCUT2D eigenvalue weighted by atomic mass is 9.96. The van der Waals surface area contributed by atoms with E-state index in [4.69, 9.17) is 0 Å². The van der Waals surface area contributed by atoms with Gasteiger partial charge in [0.25, 0.3) is 0 Å². The first kappa shape index (κ1) is 9.95. The molecule has 0 aromatic rings. The number of rotatable bonds is 0. The Balaban J connectivity index is 2.89. The Hall–Kier alpha value is -0.130. The third-order valence-corrected chi connectivity index (χ3v) is 3.96. The third kappa shape index (κ3) is 1.97. The SMILES string of the molecule is CC(C)(C)C1NCCNS1(=O)=O. The van der Waals surface area contributed by atoms with Crippen LogP contribution < -0.4 is 10.0 Å². The molecular weight excluding hydrogens is 176 g/mol. The molecule has 0 spiro atoms. The van der Waals surface area contributed by atoms with E-state index < -0.39 is 15.4 Å². The molecule has 0 radical (unpaired) electrons. The maximum atomic E-state index is 11.5. The zero-order valence-corrected chi connectivity index (χ0v) is 8.53. The summed E-state index contributed by atoms with van der Waals surface area (Å²) >= 11 is 0. The first-order valence-electron chi connectivity index (χ1n) is 4.06. The highest BCUT2D eigenvalue weighted by Crippen LogP contribution is 2.23. The molecule has 1 fully saturated rings. The monoisotopic (exact) mass is 192 g/mol. The van der Waals surface area contributed by atoms with Gasteiger partial charge in [-0.15, -0.1) is 0 Å². The van der Waals surface area contributed by atoms with E-state index in [0.29, 0.717) is 13.1 Å². The molecule has 1 heterocycles. The van der Waals surface area contributed by atoms with Gasteiger partial charge in [0, 0.05) is 13.1 Å². The standard InChI is InChI=1S/C7H16N2O2S/c1-7(2,3)6-8-4-5-9-12(6,10)11/h6,8-9H,4-5H2,1-3H3. The zero-order valence-electron chi connectivity index (χ0n) is 7.72. The van der Waals surface area contributed by atoms with E-state index >= 15 is 0 Å². The Kier molecular flexibility index (Phi) is 2.47. The summed E-state index contributed by atoms with van der Waals surface area (Å²) in [5, 5.41) is 2.53. The first-order valence-corrected chi connectivity index (χ1v) is 5.60. The van der Waals surface area contributed by atoms with E-state index in [1.165, 1.54) is 0 Å². The smallest absolute Gasteiger partial charge is 0.228 e. The van der Waals surface area contributed by atoms with Crippen LogP contribution in [0, 0.1) is 5.41 Å². The molecule has 0 saturated carbocycles. The molecule has 1 unspecified atom stereocenters. The second-order valence-corrected chi connectivity index (χ2v) is 5.99. The number of hydrogen-bond donors (Lipinski definition) is 2. The Morgan fingerprint density at radius 1 is 1.25 bits per heavy atom. The molecule has 0 aromatic heterocycles. The molecule has 1 rings (SSSR count). The van der Waals surface area contributed by atoms with Crippen molar-refractivity contribution >= 4 is 10.0 Å². The predicted molar refractivity (Wildman–Crippen MR) is 48.2 cm³/mol. The summed E-state index contributed by atoms with van der Waals surface area (Å²) in [6.45, 7) is 6.94. The van der Waals surface area contributed by atoms with E-state index in [-0.39, 0.29) is 5.41 Å². The summed E-state index contributed by atoms with van der Waals surface area (Å²) in [5.41, 5.74) is -0.258. The van der Waals surface area contributed by atoms with Gasteiger partial charge in [0.2, 0.25) is 10.0 Å². The number of nitrogens with one attached hydrogen (secondary N) is 2. The Morgan fingerprint density at radius 3 is 2.17 bits per heavy atom. The molecule has 0 aliphatic carbocycles. The van der Waals surface area contributed by atoms with E-state index in [1.54, 1.807) is 0 Å². The summed E-state index contributed by atoms with van der Waals surface area (Å²) < 4.78 is 25.4. The van der Waals surface area contributed by atoms with Crippen LogP contribution in [0.3, 0.4) is 0 Å². The maximum Gasteiger partial charge on any atom is 0.228 e. The van der Waals surface area contributed by atoms with E-state index in [0.717, 1.165) is 0 Å². The predicted octanol–water partition coefficient (Wildman–Crippen LogP) is -0.119. The van der Waals surface area contributed by atoms with Crippen LogP contribution in [0.15, 0.2) is 0 Å². The summed E-state index contributed by atoms with van der Waals surface area (Å²) in [4.78, 5) is 0. The first-order chi connectivity index (χ1) is 5.34. The minimum Gasteiger partial charge on any atom is -0.298 e. The van der Waals surface area contributed by atoms with Crippen molar-refractivity contribution in [1.29, 1.82) is 0 Å². The van der Waals surface area contributed by atoms with Crippen molar-refractivity contribution in [3.63, 3.8) is 0 Å². The molecule has 4 nitrogen and oxygen atoms in total. The van der Waals surface area contributed by atoms with E-state index in [1.807, 2.05) is 20.8 Å². The van der Waals surface area contributed by atoms with Crippen LogP contribution in [0.1, 0.15) is 20.8 Å². The van der Waals surface area contributed by atoms with Gasteiger partial charge < -0.3 is 0 Å². The molecule has 0 amide bonds. The highest BCUT2D eigenvalue weighted by molar-refractivity contribution is 7.90. The van der Waals surface area contributed by atoms with E-state index in [9.17, 15) is 8.42 Å². The minimum atomic E-state index is -3.14. The van der Waals surface area contributed by atoms with Crippen molar-refractivity contribution in [3.8, 4) is 0 Å². The lowest BCUT2D eigenvalue weighted by Gasteiger charge is -2.34. The Morgan fingerprint density at radius 2 is 1.83 bits per heavy atom. The molecular formula is C7H16N2O2S. The molecule has 5 heteroatoms. The van der Waals surface area contributed by atoms with Gasteiger partial charge in [-0.2, -0.15) is 0 Å². The van der Waals surface area contributed by atoms with Gasteiger partial charge in [0.15, 0.2) is 0 Å². The van der Waals surface area contributed by atoms with Crippen LogP contribution in [0.4, 0.5) is 0 Å². The molecule has 0 bridgehead atoms. The highest BCUT2D eigenvalue weighted by Gasteiger charge is 2.37. The number of sulfonamides is 1. The average Bonchev–Trinajstić information content (AvgIpc) is 1.83. The van der Waals surface area contributed by atoms with Gasteiger partial charge in [-0.3, -0.25) is 5.32 Å². The maximum absolute atomic E-state index is 11.5. The van der Waals surface area contributed by atoms with Crippen molar-refractivity contribution < 1.29 is 8.42 Å². The van der Waals surface area contributed by atoms with Crippen LogP contribution >= 0.6 is 0 Å². The summed E-state index contributed by atoms with van der Waals surface area (Å²) in [7, 11) is -3.14. The molecule has 72 valence electrons. The third-order valence-electron chi connectivity index (χ3n) is 1.85. The van der Waals surface area contributed by atoms with Gasteiger partial charge in [0.1, 0.15) is 5.37 Å². The van der Waals surface area contributed by atoms with Crippen molar-refractivity contribution in [1.82, 2.24) is 10.0 Å². The van der Waals surface area contributed by atoms with Crippen LogP contribution in [0.2, 0.25) is 0 Å². The Labute approximate surface area is 73.8 Å². The van der Waals surface area contributed by atoms with Gasteiger partial charge in [-0.25, -0.2) is 13.1 Å². The molecule has 2 N–H and O–H groups in total. The van der Waals surface area contributed by atoms with Crippen molar-refractivity contribution in [2.24, 2.45) is 5.41 Å². The van der Waals surface area contributed by atoms with Crippen molar-refractivity contribution in [2.45, 2.75) is 26.1 Å². The molecule has 1 atom stereocenters. The van der Waals surface area contributed by atoms with Crippen LogP contribution in [0.25, 0.3) is 0 Å². The topological polar surface area (TPSA) is 58.2 Å². The summed E-state index contributed by atoms with van der Waals surface area (Å²) in [6, 6.07) is 0. The van der Waals surface area contributed by atoms with Crippen LogP contribution in [-0.4, -0.2) is 26.9 Å². The lowest BCUT2D eigenvalue weighted by molar-refractivity contribution is 0.322. The quantitative estimate of drug-likeness (QED) is 0.562. The highest BCUT2D eigenvalue weighted by atomic mass is 32.2.